The smallest absolute Gasteiger partial charge is 0.178 e. The highest BCUT2D eigenvalue weighted by atomic mass is 35.5. The molecule has 0 aliphatic heterocycles. The minimum absolute atomic E-state index is 0.0329. The molecule has 4 rings (SSSR count). The summed E-state index contributed by atoms with van der Waals surface area (Å²) in [6.45, 7) is 4.95. The third-order valence-electron chi connectivity index (χ3n) is 5.56. The van der Waals surface area contributed by atoms with E-state index in [2.05, 4.69) is 4.98 Å². The SMILES string of the molecule is CCS(=O)(=O)c1cccc(-c2ccc(-n3cc(C(C)(C)O)nc3-c3ccccc3Cl)c(Cl)c2)c1. The highest BCUT2D eigenvalue weighted by Crippen LogP contribution is 2.35. The molecule has 0 radical (unpaired) electrons. The van der Waals surface area contributed by atoms with E-state index in [1.54, 1.807) is 61.9 Å². The van der Waals surface area contributed by atoms with Crippen molar-refractivity contribution in [3.8, 4) is 28.2 Å². The van der Waals surface area contributed by atoms with Gasteiger partial charge in [-0.15, -0.1) is 0 Å². The van der Waals surface area contributed by atoms with Crippen molar-refractivity contribution in [1.29, 1.82) is 0 Å². The summed E-state index contributed by atoms with van der Waals surface area (Å²) in [7, 11) is -3.32. The van der Waals surface area contributed by atoms with Crippen molar-refractivity contribution >= 4 is 33.0 Å². The summed E-state index contributed by atoms with van der Waals surface area (Å²) in [5.41, 5.74) is 2.19. The van der Waals surface area contributed by atoms with Gasteiger partial charge in [0.1, 0.15) is 11.4 Å². The van der Waals surface area contributed by atoms with Gasteiger partial charge in [0.05, 0.1) is 32.1 Å². The standard InChI is InChI=1S/C26H24Cl2N2O3S/c1-4-34(32,33)19-9-7-8-17(14-19)18-12-13-23(22(28)15-18)30-16-24(26(2,3)31)29-25(30)20-10-5-6-11-21(20)27/h5-16,31H,4H2,1-3H3. The summed E-state index contributed by atoms with van der Waals surface area (Å²) in [5, 5.41) is 11.5. The maximum atomic E-state index is 12.3. The van der Waals surface area contributed by atoms with Crippen LogP contribution in [0, 0.1) is 0 Å². The number of benzene rings is 3. The molecule has 3 aromatic carbocycles. The van der Waals surface area contributed by atoms with E-state index in [0.29, 0.717) is 32.8 Å². The van der Waals surface area contributed by atoms with E-state index < -0.39 is 15.4 Å². The Bertz CT molecular complexity index is 1470. The molecule has 0 amide bonds. The number of hydrogen-bond acceptors (Lipinski definition) is 4. The van der Waals surface area contributed by atoms with E-state index in [-0.39, 0.29) is 10.6 Å². The fourth-order valence-corrected chi connectivity index (χ4v) is 5.03. The normalized spacial score (nSPS) is 12.2. The molecule has 0 saturated carbocycles. The van der Waals surface area contributed by atoms with Crippen LogP contribution < -0.4 is 0 Å². The summed E-state index contributed by atoms with van der Waals surface area (Å²) in [5.74, 6) is 0.582. The van der Waals surface area contributed by atoms with Crippen LogP contribution in [-0.2, 0) is 15.4 Å². The van der Waals surface area contributed by atoms with Crippen molar-refractivity contribution in [2.75, 3.05) is 5.75 Å². The van der Waals surface area contributed by atoms with E-state index in [4.69, 9.17) is 23.2 Å². The van der Waals surface area contributed by atoms with Crippen LogP contribution in [0.3, 0.4) is 0 Å². The molecule has 5 nitrogen and oxygen atoms in total. The maximum Gasteiger partial charge on any atom is 0.178 e. The van der Waals surface area contributed by atoms with Crippen molar-refractivity contribution in [3.05, 3.63) is 88.7 Å². The minimum atomic E-state index is -3.32. The Morgan fingerprint density at radius 3 is 2.29 bits per heavy atom. The predicted molar refractivity (Wildman–Crippen MR) is 137 cm³/mol. The monoisotopic (exact) mass is 514 g/mol. The van der Waals surface area contributed by atoms with Gasteiger partial charge in [-0.3, -0.25) is 4.57 Å². The van der Waals surface area contributed by atoms with Gasteiger partial charge in [0.15, 0.2) is 9.84 Å². The molecule has 0 unspecified atom stereocenters. The average Bonchev–Trinajstić information content (AvgIpc) is 3.25. The number of nitrogens with zero attached hydrogens (tertiary/aromatic N) is 2. The molecule has 0 atom stereocenters. The van der Waals surface area contributed by atoms with Crippen LogP contribution in [0.2, 0.25) is 10.0 Å². The molecule has 1 aromatic heterocycles. The molecule has 0 aliphatic carbocycles. The Hall–Kier alpha value is -2.64. The van der Waals surface area contributed by atoms with Gasteiger partial charge in [0, 0.05) is 11.8 Å². The van der Waals surface area contributed by atoms with Crippen LogP contribution >= 0.6 is 23.2 Å². The van der Waals surface area contributed by atoms with Gasteiger partial charge in [0.25, 0.3) is 0 Å². The second-order valence-electron chi connectivity index (χ2n) is 8.46. The summed E-state index contributed by atoms with van der Waals surface area (Å²) in [6, 6.07) is 19.7. The van der Waals surface area contributed by atoms with Gasteiger partial charge < -0.3 is 5.11 Å². The molecule has 176 valence electrons. The minimum Gasteiger partial charge on any atom is -0.384 e. The molecule has 1 N–H and O–H groups in total. The molecule has 8 heteroatoms. The molecule has 1 heterocycles. The van der Waals surface area contributed by atoms with Gasteiger partial charge >= 0.3 is 0 Å². The molecule has 0 aliphatic rings. The van der Waals surface area contributed by atoms with Crippen LogP contribution in [0.4, 0.5) is 0 Å². The number of aromatic nitrogens is 2. The summed E-state index contributed by atoms with van der Waals surface area (Å²) in [4.78, 5) is 4.94. The van der Waals surface area contributed by atoms with Gasteiger partial charge in [-0.05, 0) is 61.4 Å². The molecule has 0 saturated heterocycles. The second-order valence-corrected chi connectivity index (χ2v) is 11.5. The molecular formula is C26H24Cl2N2O3S. The third kappa shape index (κ3) is 4.77. The van der Waals surface area contributed by atoms with Crippen LogP contribution in [0.1, 0.15) is 26.5 Å². The van der Waals surface area contributed by atoms with E-state index in [9.17, 15) is 13.5 Å². The molecule has 34 heavy (non-hydrogen) atoms. The van der Waals surface area contributed by atoms with Crippen molar-refractivity contribution < 1.29 is 13.5 Å². The first-order chi connectivity index (χ1) is 16.0. The summed E-state index contributed by atoms with van der Waals surface area (Å²) >= 11 is 13.2. The topological polar surface area (TPSA) is 72.2 Å². The van der Waals surface area contributed by atoms with Crippen molar-refractivity contribution in [2.45, 2.75) is 31.3 Å². The fourth-order valence-electron chi connectivity index (χ4n) is 3.61. The molecule has 0 fully saturated rings. The molecular weight excluding hydrogens is 491 g/mol. The van der Waals surface area contributed by atoms with Crippen LogP contribution in [-0.4, -0.2) is 28.8 Å². The van der Waals surface area contributed by atoms with Crippen molar-refractivity contribution in [1.82, 2.24) is 9.55 Å². The number of aliphatic hydroxyl groups is 1. The van der Waals surface area contributed by atoms with E-state index in [1.165, 1.54) is 0 Å². The zero-order valence-corrected chi connectivity index (χ0v) is 21.3. The zero-order chi connectivity index (χ0) is 24.7. The summed E-state index contributed by atoms with van der Waals surface area (Å²) < 4.78 is 26.4. The number of imidazole rings is 1. The number of sulfone groups is 1. The molecule has 0 bridgehead atoms. The highest BCUT2D eigenvalue weighted by molar-refractivity contribution is 7.91. The Labute approximate surface area is 209 Å². The van der Waals surface area contributed by atoms with E-state index in [1.807, 2.05) is 36.4 Å². The lowest BCUT2D eigenvalue weighted by atomic mass is 10.1. The van der Waals surface area contributed by atoms with Gasteiger partial charge in [-0.25, -0.2) is 13.4 Å². The Balaban J connectivity index is 1.84. The lowest BCUT2D eigenvalue weighted by Gasteiger charge is -2.13. The predicted octanol–water partition coefficient (Wildman–Crippen LogP) is 6.53. The first kappa shape index (κ1) is 24.5. The van der Waals surface area contributed by atoms with Gasteiger partial charge in [0.2, 0.25) is 0 Å². The van der Waals surface area contributed by atoms with Crippen LogP contribution in [0.15, 0.2) is 77.8 Å². The largest absolute Gasteiger partial charge is 0.384 e. The first-order valence-corrected chi connectivity index (χ1v) is 13.1. The molecule has 0 spiro atoms. The second kappa shape index (κ2) is 9.19. The lowest BCUT2D eigenvalue weighted by molar-refractivity contribution is 0.0743. The average molecular weight is 515 g/mol. The fraction of sp³-hybridized carbons (Fsp3) is 0.192. The highest BCUT2D eigenvalue weighted by Gasteiger charge is 2.24. The summed E-state index contributed by atoms with van der Waals surface area (Å²) in [6.07, 6.45) is 1.74. The zero-order valence-electron chi connectivity index (χ0n) is 19.0. The lowest BCUT2D eigenvalue weighted by Crippen LogP contribution is -2.15. The number of halogens is 2. The number of hydrogen-bond donors (Lipinski definition) is 1. The Morgan fingerprint density at radius 2 is 1.65 bits per heavy atom. The van der Waals surface area contributed by atoms with Crippen LogP contribution in [0.25, 0.3) is 28.2 Å². The van der Waals surface area contributed by atoms with Crippen LogP contribution in [0.5, 0.6) is 0 Å². The Kier molecular flexibility index (Phi) is 6.62. The van der Waals surface area contributed by atoms with Gasteiger partial charge in [-0.1, -0.05) is 60.5 Å². The molecule has 4 aromatic rings. The first-order valence-electron chi connectivity index (χ1n) is 10.7. The van der Waals surface area contributed by atoms with E-state index in [0.717, 1.165) is 11.1 Å². The van der Waals surface area contributed by atoms with Crippen molar-refractivity contribution in [2.24, 2.45) is 0 Å². The van der Waals surface area contributed by atoms with E-state index >= 15 is 0 Å². The Morgan fingerprint density at radius 1 is 0.941 bits per heavy atom. The number of rotatable bonds is 6. The third-order valence-corrected chi connectivity index (χ3v) is 7.93. The maximum absolute atomic E-state index is 12.3. The van der Waals surface area contributed by atoms with Gasteiger partial charge in [-0.2, -0.15) is 0 Å². The quantitative estimate of drug-likeness (QED) is 0.317. The van der Waals surface area contributed by atoms with Crippen molar-refractivity contribution in [3.63, 3.8) is 0 Å².